The Morgan fingerprint density at radius 2 is 1.79 bits per heavy atom. The molecule has 29 heavy (non-hydrogen) atoms. The van der Waals surface area contributed by atoms with Crippen molar-refractivity contribution < 1.29 is 14.7 Å². The van der Waals surface area contributed by atoms with Crippen molar-refractivity contribution >= 4 is 46.1 Å². The highest BCUT2D eigenvalue weighted by molar-refractivity contribution is 7.10. The number of benzene rings is 2. The minimum atomic E-state index is -0.698. The number of aliphatic hydroxyl groups is 1. The first kappa shape index (κ1) is 19.4. The monoisotopic (exact) mass is 423 g/mol. The van der Waals surface area contributed by atoms with Crippen LogP contribution in [0, 0.1) is 13.8 Å². The summed E-state index contributed by atoms with van der Waals surface area (Å²) in [5.74, 6) is -1.53. The molecule has 0 spiro atoms. The molecule has 1 N–H and O–H groups in total. The van der Waals surface area contributed by atoms with Gasteiger partial charge in [-0.05, 0) is 49.1 Å². The third kappa shape index (κ3) is 3.37. The lowest BCUT2D eigenvalue weighted by Crippen LogP contribution is -2.29. The van der Waals surface area contributed by atoms with Crippen molar-refractivity contribution in [3.63, 3.8) is 0 Å². The number of aryl methyl sites for hydroxylation is 2. The first-order valence-corrected chi connectivity index (χ1v) is 10.3. The smallest absolute Gasteiger partial charge is 0.300 e. The van der Waals surface area contributed by atoms with Crippen LogP contribution >= 0.6 is 22.9 Å². The molecule has 1 unspecified atom stereocenters. The maximum atomic E-state index is 13.1. The Morgan fingerprint density at radius 1 is 1.07 bits per heavy atom. The molecule has 2 aromatic carbocycles. The van der Waals surface area contributed by atoms with Crippen LogP contribution in [-0.4, -0.2) is 16.8 Å². The molecule has 4 nitrogen and oxygen atoms in total. The summed E-state index contributed by atoms with van der Waals surface area (Å²) in [6.45, 7) is 3.78. The zero-order valence-corrected chi connectivity index (χ0v) is 17.4. The molecule has 1 fully saturated rings. The zero-order chi connectivity index (χ0) is 20.7. The van der Waals surface area contributed by atoms with E-state index in [2.05, 4.69) is 0 Å². The van der Waals surface area contributed by atoms with Crippen molar-refractivity contribution in [2.24, 2.45) is 0 Å². The average molecular weight is 424 g/mol. The van der Waals surface area contributed by atoms with Crippen molar-refractivity contribution in [1.82, 2.24) is 0 Å². The molecule has 0 saturated carbocycles. The summed E-state index contributed by atoms with van der Waals surface area (Å²) in [7, 11) is 0. The number of carbonyl (C=O) groups is 2. The molecule has 0 bridgehead atoms. The molecule has 1 aliphatic heterocycles. The summed E-state index contributed by atoms with van der Waals surface area (Å²) < 4.78 is 0. The van der Waals surface area contributed by atoms with E-state index in [4.69, 9.17) is 11.6 Å². The van der Waals surface area contributed by atoms with Crippen LogP contribution in [0.3, 0.4) is 0 Å². The molecule has 2 heterocycles. The van der Waals surface area contributed by atoms with Crippen LogP contribution in [0.15, 0.2) is 65.6 Å². The summed E-state index contributed by atoms with van der Waals surface area (Å²) in [6.07, 6.45) is 0. The van der Waals surface area contributed by atoms with Crippen LogP contribution in [0.1, 0.15) is 27.6 Å². The molecule has 0 radical (unpaired) electrons. The number of ketones is 1. The molecule has 1 atom stereocenters. The van der Waals surface area contributed by atoms with E-state index < -0.39 is 17.7 Å². The van der Waals surface area contributed by atoms with E-state index in [9.17, 15) is 14.7 Å². The van der Waals surface area contributed by atoms with Crippen molar-refractivity contribution in [3.8, 4) is 0 Å². The molecule has 3 aromatic rings. The van der Waals surface area contributed by atoms with Crippen LogP contribution < -0.4 is 4.90 Å². The molecule has 6 heteroatoms. The molecule has 0 aliphatic carbocycles. The minimum Gasteiger partial charge on any atom is -0.507 e. The zero-order valence-electron chi connectivity index (χ0n) is 15.8. The standard InChI is InChI=1S/C23H18ClNO3S/c1-13-5-7-15(8-6-13)21(26)19-20(18-4-3-11-29-18)25(23(28)22(19)27)17-10-9-16(24)12-14(17)2/h3-12,20,26H,1-2H3/b21-19-. The fraction of sp³-hybridized carbons (Fsp3) is 0.130. The van der Waals surface area contributed by atoms with Gasteiger partial charge in [0, 0.05) is 21.2 Å². The van der Waals surface area contributed by atoms with E-state index in [-0.39, 0.29) is 11.3 Å². The van der Waals surface area contributed by atoms with E-state index in [0.717, 1.165) is 16.0 Å². The topological polar surface area (TPSA) is 57.6 Å². The number of rotatable bonds is 3. The maximum absolute atomic E-state index is 13.1. The number of hydrogen-bond acceptors (Lipinski definition) is 4. The molecule has 1 aromatic heterocycles. The number of hydrogen-bond donors (Lipinski definition) is 1. The third-order valence-corrected chi connectivity index (χ3v) is 6.16. The number of thiophene rings is 1. The van der Waals surface area contributed by atoms with Gasteiger partial charge in [0.25, 0.3) is 11.7 Å². The van der Waals surface area contributed by atoms with Crippen molar-refractivity contribution in [2.45, 2.75) is 19.9 Å². The van der Waals surface area contributed by atoms with Gasteiger partial charge < -0.3 is 5.11 Å². The highest BCUT2D eigenvalue weighted by Gasteiger charge is 2.47. The van der Waals surface area contributed by atoms with Gasteiger partial charge in [0.15, 0.2) is 0 Å². The highest BCUT2D eigenvalue weighted by atomic mass is 35.5. The Hall–Kier alpha value is -2.89. The predicted octanol–water partition coefficient (Wildman–Crippen LogP) is 5.64. The van der Waals surface area contributed by atoms with Gasteiger partial charge in [-0.15, -0.1) is 11.3 Å². The summed E-state index contributed by atoms with van der Waals surface area (Å²) in [4.78, 5) is 28.3. The normalized spacial score (nSPS) is 18.4. The van der Waals surface area contributed by atoms with Crippen LogP contribution in [-0.2, 0) is 9.59 Å². The number of aliphatic hydroxyl groups excluding tert-OH is 1. The summed E-state index contributed by atoms with van der Waals surface area (Å²) in [5, 5.41) is 13.4. The van der Waals surface area contributed by atoms with E-state index in [0.29, 0.717) is 16.3 Å². The van der Waals surface area contributed by atoms with E-state index in [1.807, 2.05) is 43.5 Å². The number of carbonyl (C=O) groups excluding carboxylic acids is 2. The van der Waals surface area contributed by atoms with Crippen LogP contribution in [0.4, 0.5) is 5.69 Å². The second-order valence-electron chi connectivity index (χ2n) is 6.98. The number of anilines is 1. The van der Waals surface area contributed by atoms with Gasteiger partial charge in [0.05, 0.1) is 5.57 Å². The largest absolute Gasteiger partial charge is 0.507 e. The van der Waals surface area contributed by atoms with Crippen molar-refractivity contribution in [2.75, 3.05) is 4.90 Å². The molecule has 146 valence electrons. The Labute approximate surface area is 177 Å². The van der Waals surface area contributed by atoms with Crippen molar-refractivity contribution in [3.05, 3.63) is 92.1 Å². The first-order valence-electron chi connectivity index (χ1n) is 9.06. The van der Waals surface area contributed by atoms with Gasteiger partial charge in [0.1, 0.15) is 11.8 Å². The summed E-state index contributed by atoms with van der Waals surface area (Å²) >= 11 is 7.51. The molecule has 1 amide bonds. The average Bonchev–Trinajstić information content (AvgIpc) is 3.30. The molecular weight excluding hydrogens is 406 g/mol. The number of amides is 1. The Bertz CT molecular complexity index is 1130. The predicted molar refractivity (Wildman–Crippen MR) is 116 cm³/mol. The van der Waals surface area contributed by atoms with Crippen molar-refractivity contribution in [1.29, 1.82) is 0 Å². The molecule has 1 saturated heterocycles. The lowest BCUT2D eigenvalue weighted by Gasteiger charge is -2.25. The number of halogens is 1. The summed E-state index contributed by atoms with van der Waals surface area (Å²) in [6, 6.07) is 15.4. The Morgan fingerprint density at radius 3 is 2.41 bits per heavy atom. The van der Waals surface area contributed by atoms with Crippen LogP contribution in [0.2, 0.25) is 5.02 Å². The fourth-order valence-corrected chi connectivity index (χ4v) is 4.60. The van der Waals surface area contributed by atoms with Crippen LogP contribution in [0.5, 0.6) is 0 Å². The minimum absolute atomic E-state index is 0.0932. The second-order valence-corrected chi connectivity index (χ2v) is 8.40. The Balaban J connectivity index is 1.94. The Kier molecular flexibility index (Phi) is 5.03. The highest BCUT2D eigenvalue weighted by Crippen LogP contribution is 2.44. The van der Waals surface area contributed by atoms with E-state index in [1.54, 1.807) is 30.3 Å². The fourth-order valence-electron chi connectivity index (χ4n) is 3.55. The SMILES string of the molecule is Cc1ccc(/C(O)=C2/C(=O)C(=O)N(c3ccc(Cl)cc3C)C2c2cccs2)cc1. The number of nitrogens with zero attached hydrogens (tertiary/aromatic N) is 1. The van der Waals surface area contributed by atoms with E-state index >= 15 is 0 Å². The van der Waals surface area contributed by atoms with Crippen LogP contribution in [0.25, 0.3) is 5.76 Å². The lowest BCUT2D eigenvalue weighted by atomic mass is 9.99. The van der Waals surface area contributed by atoms with Gasteiger partial charge in [-0.1, -0.05) is 47.5 Å². The quantitative estimate of drug-likeness (QED) is 0.336. The first-order chi connectivity index (χ1) is 13.9. The molecular formula is C23H18ClNO3S. The molecule has 1 aliphatic rings. The maximum Gasteiger partial charge on any atom is 0.300 e. The number of Topliss-reactive ketones (excluding diaryl/α,β-unsaturated/α-hetero) is 1. The summed E-state index contributed by atoms with van der Waals surface area (Å²) in [5.41, 5.74) is 3.00. The van der Waals surface area contributed by atoms with Gasteiger partial charge in [-0.2, -0.15) is 0 Å². The lowest BCUT2D eigenvalue weighted by molar-refractivity contribution is -0.132. The van der Waals surface area contributed by atoms with Gasteiger partial charge in [0.2, 0.25) is 0 Å². The van der Waals surface area contributed by atoms with Gasteiger partial charge >= 0.3 is 0 Å². The van der Waals surface area contributed by atoms with E-state index in [1.165, 1.54) is 16.2 Å². The molecule has 4 rings (SSSR count). The van der Waals surface area contributed by atoms with Gasteiger partial charge in [-0.25, -0.2) is 0 Å². The third-order valence-electron chi connectivity index (χ3n) is 5.00. The second kappa shape index (κ2) is 7.50. The van der Waals surface area contributed by atoms with Gasteiger partial charge in [-0.3, -0.25) is 14.5 Å².